The van der Waals surface area contributed by atoms with E-state index in [1.807, 2.05) is 0 Å². The number of carbonyl (C=O) groups excluding carboxylic acids is 1. The van der Waals surface area contributed by atoms with E-state index < -0.39 is 0 Å². The van der Waals surface area contributed by atoms with Crippen LogP contribution in [0.4, 0.5) is 0 Å². The monoisotopic (exact) mass is 290 g/mol. The maximum absolute atomic E-state index is 12.8. The lowest BCUT2D eigenvalue weighted by Crippen LogP contribution is -2.56. The van der Waals surface area contributed by atoms with Crippen molar-refractivity contribution in [3.8, 4) is 0 Å². The van der Waals surface area contributed by atoms with E-state index in [0.29, 0.717) is 23.5 Å². The Labute approximate surface area is 128 Å². The van der Waals surface area contributed by atoms with E-state index in [0.717, 1.165) is 31.6 Å². The zero-order valence-corrected chi connectivity index (χ0v) is 13.6. The highest BCUT2D eigenvalue weighted by Gasteiger charge is 2.61. The molecule has 0 radical (unpaired) electrons. The van der Waals surface area contributed by atoms with Gasteiger partial charge in [-0.3, -0.25) is 4.79 Å². The number of fused-ring (bicyclic) bond motifs is 5. The standard InChI is InChI=1S/C19H30O2/c1-18-9-4-3-5-15(18)16(20)11-12-13-6-7-17(21)19(13,2)10-8-14(12)18/h12-15,17,21H,3-11H2,1-2H3/t12-,13-,14-,15+,17-,18+,19-/m0/s1. The fourth-order valence-electron chi connectivity index (χ4n) is 7.07. The first-order valence-corrected chi connectivity index (χ1v) is 9.17. The van der Waals surface area contributed by atoms with Crippen molar-refractivity contribution < 1.29 is 9.90 Å². The largest absolute Gasteiger partial charge is 0.393 e. The number of Topliss-reactive ketones (excluding diaryl/α,β-unsaturated/α-hetero) is 1. The summed E-state index contributed by atoms with van der Waals surface area (Å²) in [6.45, 7) is 4.73. The minimum Gasteiger partial charge on any atom is -0.393 e. The van der Waals surface area contributed by atoms with Gasteiger partial charge in [0.05, 0.1) is 6.10 Å². The number of hydrogen-bond acceptors (Lipinski definition) is 2. The van der Waals surface area contributed by atoms with Crippen molar-refractivity contribution in [2.45, 2.75) is 77.7 Å². The molecule has 0 aromatic carbocycles. The van der Waals surface area contributed by atoms with E-state index in [-0.39, 0.29) is 16.9 Å². The molecule has 0 aromatic heterocycles. The molecule has 2 nitrogen and oxygen atoms in total. The molecule has 4 aliphatic rings. The Hall–Kier alpha value is -0.370. The number of rotatable bonds is 0. The maximum Gasteiger partial charge on any atom is 0.136 e. The van der Waals surface area contributed by atoms with Crippen LogP contribution in [0.1, 0.15) is 71.6 Å². The molecular formula is C19H30O2. The lowest BCUT2D eigenvalue weighted by molar-refractivity contribution is -0.155. The zero-order valence-electron chi connectivity index (χ0n) is 13.6. The van der Waals surface area contributed by atoms with E-state index in [9.17, 15) is 9.90 Å². The molecule has 4 rings (SSSR count). The van der Waals surface area contributed by atoms with Crippen LogP contribution < -0.4 is 0 Å². The molecule has 21 heavy (non-hydrogen) atoms. The topological polar surface area (TPSA) is 37.3 Å². The average molecular weight is 290 g/mol. The molecule has 4 fully saturated rings. The molecule has 0 unspecified atom stereocenters. The first-order chi connectivity index (χ1) is 9.97. The Bertz CT molecular complexity index is 458. The summed E-state index contributed by atoms with van der Waals surface area (Å²) in [5, 5.41) is 10.5. The molecule has 0 heterocycles. The van der Waals surface area contributed by atoms with Crippen LogP contribution in [0.15, 0.2) is 0 Å². The molecule has 0 amide bonds. The summed E-state index contributed by atoms with van der Waals surface area (Å²) in [7, 11) is 0. The normalized spacial score (nSPS) is 56.5. The predicted molar refractivity (Wildman–Crippen MR) is 82.7 cm³/mol. The van der Waals surface area contributed by atoms with Gasteiger partial charge in [-0.25, -0.2) is 0 Å². The first kappa shape index (κ1) is 14.2. The van der Waals surface area contributed by atoms with Crippen LogP contribution in [0.5, 0.6) is 0 Å². The predicted octanol–water partition coefficient (Wildman–Crippen LogP) is 3.96. The minimum atomic E-state index is -0.129. The zero-order chi connectivity index (χ0) is 14.8. The minimum absolute atomic E-state index is 0.0965. The van der Waals surface area contributed by atoms with E-state index >= 15 is 0 Å². The highest BCUT2D eigenvalue weighted by molar-refractivity contribution is 5.83. The summed E-state index contributed by atoms with van der Waals surface area (Å²) in [6.07, 6.45) is 10.2. The van der Waals surface area contributed by atoms with Crippen molar-refractivity contribution >= 4 is 5.78 Å². The van der Waals surface area contributed by atoms with Crippen molar-refractivity contribution in [2.75, 3.05) is 0 Å². The van der Waals surface area contributed by atoms with Crippen molar-refractivity contribution in [2.24, 2.45) is 34.5 Å². The highest BCUT2D eigenvalue weighted by Crippen LogP contribution is 2.65. The molecule has 2 heteroatoms. The van der Waals surface area contributed by atoms with Gasteiger partial charge < -0.3 is 5.11 Å². The Morgan fingerprint density at radius 1 is 0.952 bits per heavy atom. The highest BCUT2D eigenvalue weighted by atomic mass is 16.3. The van der Waals surface area contributed by atoms with Crippen LogP contribution in [-0.4, -0.2) is 17.0 Å². The second-order valence-corrected chi connectivity index (χ2v) is 8.99. The van der Waals surface area contributed by atoms with Crippen molar-refractivity contribution in [3.63, 3.8) is 0 Å². The Morgan fingerprint density at radius 3 is 2.52 bits per heavy atom. The molecule has 118 valence electrons. The third kappa shape index (κ3) is 1.77. The van der Waals surface area contributed by atoms with Gasteiger partial charge in [-0.1, -0.05) is 26.7 Å². The second kappa shape index (κ2) is 4.57. The van der Waals surface area contributed by atoms with Crippen LogP contribution >= 0.6 is 0 Å². The molecule has 0 aromatic rings. The fourth-order valence-corrected chi connectivity index (χ4v) is 7.07. The maximum atomic E-state index is 12.8. The third-order valence-electron chi connectivity index (χ3n) is 8.31. The Kier molecular flexibility index (Phi) is 3.10. The summed E-state index contributed by atoms with van der Waals surface area (Å²) in [4.78, 5) is 12.8. The van der Waals surface area contributed by atoms with Crippen LogP contribution in [0, 0.1) is 34.5 Å². The van der Waals surface area contributed by atoms with Crippen LogP contribution in [0.2, 0.25) is 0 Å². The number of ketones is 1. The Morgan fingerprint density at radius 2 is 1.71 bits per heavy atom. The number of carbonyl (C=O) groups is 1. The average Bonchev–Trinajstić information content (AvgIpc) is 2.75. The summed E-state index contributed by atoms with van der Waals surface area (Å²) >= 11 is 0. The fraction of sp³-hybridized carbons (Fsp3) is 0.947. The summed E-state index contributed by atoms with van der Waals surface area (Å²) in [5.74, 6) is 2.80. The van der Waals surface area contributed by atoms with Gasteiger partial charge in [0.1, 0.15) is 5.78 Å². The van der Waals surface area contributed by atoms with Crippen LogP contribution in [0.3, 0.4) is 0 Å². The van der Waals surface area contributed by atoms with Gasteiger partial charge >= 0.3 is 0 Å². The third-order valence-corrected chi connectivity index (χ3v) is 8.31. The van der Waals surface area contributed by atoms with Crippen LogP contribution in [-0.2, 0) is 4.79 Å². The van der Waals surface area contributed by atoms with Gasteiger partial charge in [-0.2, -0.15) is 0 Å². The van der Waals surface area contributed by atoms with E-state index in [2.05, 4.69) is 13.8 Å². The molecular weight excluding hydrogens is 260 g/mol. The number of aliphatic hydroxyl groups is 1. The number of hydrogen-bond donors (Lipinski definition) is 1. The molecule has 0 aliphatic heterocycles. The summed E-state index contributed by atoms with van der Waals surface area (Å²) in [6, 6.07) is 0. The lowest BCUT2D eigenvalue weighted by atomic mass is 9.45. The molecule has 1 N–H and O–H groups in total. The number of aliphatic hydroxyl groups excluding tert-OH is 1. The van der Waals surface area contributed by atoms with E-state index in [1.165, 1.54) is 32.1 Å². The van der Waals surface area contributed by atoms with Gasteiger partial charge in [0, 0.05) is 12.3 Å². The molecule has 0 bridgehead atoms. The van der Waals surface area contributed by atoms with Gasteiger partial charge in [0.25, 0.3) is 0 Å². The van der Waals surface area contributed by atoms with Crippen LogP contribution in [0.25, 0.3) is 0 Å². The van der Waals surface area contributed by atoms with Crippen molar-refractivity contribution in [3.05, 3.63) is 0 Å². The van der Waals surface area contributed by atoms with Crippen molar-refractivity contribution in [1.82, 2.24) is 0 Å². The van der Waals surface area contributed by atoms with Gasteiger partial charge in [-0.15, -0.1) is 0 Å². The molecule has 0 spiro atoms. The SMILES string of the molecule is C[C@]12CCCC[C@@H]1C(=O)C[C@@H]1[C@@H]2CC[C@]2(C)[C@@H](O)CC[C@@H]12. The van der Waals surface area contributed by atoms with Gasteiger partial charge in [-0.05, 0) is 67.1 Å². The molecule has 4 aliphatic carbocycles. The quantitative estimate of drug-likeness (QED) is 0.733. The summed E-state index contributed by atoms with van der Waals surface area (Å²) in [5.41, 5.74) is 0.367. The lowest BCUT2D eigenvalue weighted by Gasteiger charge is -2.59. The smallest absolute Gasteiger partial charge is 0.136 e. The molecule has 0 saturated heterocycles. The second-order valence-electron chi connectivity index (χ2n) is 8.99. The Balaban J connectivity index is 1.70. The van der Waals surface area contributed by atoms with Crippen molar-refractivity contribution in [1.29, 1.82) is 0 Å². The van der Waals surface area contributed by atoms with Gasteiger partial charge in [0.15, 0.2) is 0 Å². The summed E-state index contributed by atoms with van der Waals surface area (Å²) < 4.78 is 0. The molecule has 4 saturated carbocycles. The molecule has 7 atom stereocenters. The first-order valence-electron chi connectivity index (χ1n) is 9.17. The van der Waals surface area contributed by atoms with Gasteiger partial charge in [0.2, 0.25) is 0 Å². The van der Waals surface area contributed by atoms with E-state index in [4.69, 9.17) is 0 Å². The van der Waals surface area contributed by atoms with E-state index in [1.54, 1.807) is 0 Å².